The Morgan fingerprint density at radius 3 is 2.52 bits per heavy atom. The van der Waals surface area contributed by atoms with Gasteiger partial charge in [-0.2, -0.15) is 4.31 Å². The average molecular weight is 308 g/mol. The number of nitrogens with zero attached hydrogens (tertiary/aromatic N) is 3. The van der Waals surface area contributed by atoms with Crippen LogP contribution in [0.4, 0.5) is 5.69 Å². The topological polar surface area (TPSA) is 81.2 Å². The molecule has 0 radical (unpaired) electrons. The fraction of sp³-hybridized carbons (Fsp3) is 0.357. The minimum Gasteiger partial charge on any atom is -0.398 e. The van der Waals surface area contributed by atoms with E-state index in [1.54, 1.807) is 17.7 Å². The van der Waals surface area contributed by atoms with Gasteiger partial charge in [0, 0.05) is 31.5 Å². The molecule has 0 amide bonds. The number of para-hydroxylation sites is 1. The zero-order chi connectivity index (χ0) is 15.6. The fourth-order valence-electron chi connectivity index (χ4n) is 2.03. The molecule has 1 aromatic carbocycles. The van der Waals surface area contributed by atoms with Crippen molar-refractivity contribution in [2.45, 2.75) is 31.5 Å². The highest BCUT2D eigenvalue weighted by molar-refractivity contribution is 7.89. The molecule has 6 nitrogen and oxygen atoms in total. The lowest BCUT2D eigenvalue weighted by molar-refractivity contribution is 0.347. The standard InChI is InChI=1S/C14H20N4O2S/c1-11(2)18(8-12-6-4-5-7-13(12)15)21(19,20)14-9-17(3)10-16-14/h4-7,9-11H,8,15H2,1-3H3. The van der Waals surface area contributed by atoms with Crippen LogP contribution >= 0.6 is 0 Å². The second kappa shape index (κ2) is 5.87. The van der Waals surface area contributed by atoms with Crippen LogP contribution in [-0.4, -0.2) is 28.3 Å². The van der Waals surface area contributed by atoms with E-state index < -0.39 is 10.0 Å². The summed E-state index contributed by atoms with van der Waals surface area (Å²) in [6, 6.07) is 7.07. The summed E-state index contributed by atoms with van der Waals surface area (Å²) in [5, 5.41) is 0.0493. The van der Waals surface area contributed by atoms with E-state index in [9.17, 15) is 8.42 Å². The monoisotopic (exact) mass is 308 g/mol. The van der Waals surface area contributed by atoms with Crippen LogP contribution < -0.4 is 5.73 Å². The van der Waals surface area contributed by atoms with E-state index in [1.807, 2.05) is 32.0 Å². The first-order valence-corrected chi connectivity index (χ1v) is 8.09. The molecule has 0 saturated heterocycles. The summed E-state index contributed by atoms with van der Waals surface area (Å²) in [5.41, 5.74) is 7.28. The number of hydrogen-bond acceptors (Lipinski definition) is 4. The van der Waals surface area contributed by atoms with Crippen LogP contribution in [0, 0.1) is 0 Å². The van der Waals surface area contributed by atoms with Crippen LogP contribution in [0.25, 0.3) is 0 Å². The summed E-state index contributed by atoms with van der Waals surface area (Å²) in [5.74, 6) is 0. The molecule has 0 bridgehead atoms. The summed E-state index contributed by atoms with van der Waals surface area (Å²) in [6.07, 6.45) is 2.97. The first kappa shape index (κ1) is 15.5. The van der Waals surface area contributed by atoms with Gasteiger partial charge < -0.3 is 10.3 Å². The van der Waals surface area contributed by atoms with Gasteiger partial charge in [-0.1, -0.05) is 18.2 Å². The second-order valence-corrected chi connectivity index (χ2v) is 7.06. The molecule has 1 aromatic heterocycles. The Kier molecular flexibility index (Phi) is 4.34. The number of rotatable bonds is 5. The average Bonchev–Trinajstić information content (AvgIpc) is 2.84. The van der Waals surface area contributed by atoms with Crippen molar-refractivity contribution < 1.29 is 8.42 Å². The maximum absolute atomic E-state index is 12.7. The van der Waals surface area contributed by atoms with Crippen molar-refractivity contribution in [3.63, 3.8) is 0 Å². The predicted octanol–water partition coefficient (Wildman–Crippen LogP) is 1.60. The first-order chi connectivity index (χ1) is 9.82. The number of benzene rings is 1. The lowest BCUT2D eigenvalue weighted by Gasteiger charge is -2.25. The zero-order valence-electron chi connectivity index (χ0n) is 12.4. The molecular formula is C14H20N4O2S. The number of aryl methyl sites for hydroxylation is 1. The number of imidazole rings is 1. The van der Waals surface area contributed by atoms with Crippen LogP contribution in [0.15, 0.2) is 41.8 Å². The Morgan fingerprint density at radius 2 is 2.00 bits per heavy atom. The van der Waals surface area contributed by atoms with E-state index in [0.717, 1.165) is 5.56 Å². The van der Waals surface area contributed by atoms with Gasteiger partial charge in [-0.25, -0.2) is 13.4 Å². The number of hydrogen-bond donors (Lipinski definition) is 1. The molecule has 114 valence electrons. The molecule has 1 heterocycles. The molecular weight excluding hydrogens is 288 g/mol. The molecule has 0 spiro atoms. The SMILES string of the molecule is CC(C)N(Cc1ccccc1N)S(=O)(=O)c1cn(C)cn1. The summed E-state index contributed by atoms with van der Waals surface area (Å²) in [6.45, 7) is 3.89. The largest absolute Gasteiger partial charge is 0.398 e. The van der Waals surface area contributed by atoms with Crippen molar-refractivity contribution in [2.75, 3.05) is 5.73 Å². The molecule has 0 atom stereocenters. The predicted molar refractivity (Wildman–Crippen MR) is 81.9 cm³/mol. The van der Waals surface area contributed by atoms with Crippen molar-refractivity contribution in [3.8, 4) is 0 Å². The number of sulfonamides is 1. The van der Waals surface area contributed by atoms with Crippen LogP contribution in [0.5, 0.6) is 0 Å². The lowest BCUT2D eigenvalue weighted by atomic mass is 10.2. The Bertz CT molecular complexity index is 722. The third kappa shape index (κ3) is 3.25. The van der Waals surface area contributed by atoms with Gasteiger partial charge in [0.05, 0.1) is 6.33 Å². The van der Waals surface area contributed by atoms with E-state index in [4.69, 9.17) is 5.73 Å². The van der Waals surface area contributed by atoms with Gasteiger partial charge in [0.25, 0.3) is 10.0 Å². The summed E-state index contributed by atoms with van der Waals surface area (Å²) < 4.78 is 28.4. The van der Waals surface area contributed by atoms with E-state index in [2.05, 4.69) is 4.98 Å². The van der Waals surface area contributed by atoms with Gasteiger partial charge in [0.2, 0.25) is 0 Å². The summed E-state index contributed by atoms with van der Waals surface area (Å²) in [7, 11) is -1.91. The summed E-state index contributed by atoms with van der Waals surface area (Å²) >= 11 is 0. The Morgan fingerprint density at radius 1 is 1.33 bits per heavy atom. The Balaban J connectivity index is 2.38. The molecule has 7 heteroatoms. The van der Waals surface area contributed by atoms with E-state index in [0.29, 0.717) is 5.69 Å². The number of aromatic nitrogens is 2. The molecule has 0 saturated carbocycles. The summed E-state index contributed by atoms with van der Waals surface area (Å²) in [4.78, 5) is 3.96. The molecule has 0 aliphatic heterocycles. The van der Waals surface area contributed by atoms with E-state index >= 15 is 0 Å². The molecule has 0 fully saturated rings. The molecule has 2 aromatic rings. The lowest BCUT2D eigenvalue weighted by Crippen LogP contribution is -2.36. The maximum Gasteiger partial charge on any atom is 0.262 e. The fourth-order valence-corrected chi connectivity index (χ4v) is 3.62. The third-order valence-corrected chi connectivity index (χ3v) is 5.12. The van der Waals surface area contributed by atoms with Crippen LogP contribution in [0.3, 0.4) is 0 Å². The smallest absolute Gasteiger partial charge is 0.262 e. The second-order valence-electron chi connectivity index (χ2n) is 5.22. The molecule has 0 aliphatic rings. The Labute approximate surface area is 125 Å². The van der Waals surface area contributed by atoms with Crippen molar-refractivity contribution in [2.24, 2.45) is 7.05 Å². The van der Waals surface area contributed by atoms with Gasteiger partial charge in [-0.05, 0) is 25.5 Å². The minimum atomic E-state index is -3.65. The van der Waals surface area contributed by atoms with E-state index in [1.165, 1.54) is 16.8 Å². The highest BCUT2D eigenvalue weighted by Crippen LogP contribution is 2.22. The normalized spacial score (nSPS) is 12.2. The molecule has 21 heavy (non-hydrogen) atoms. The first-order valence-electron chi connectivity index (χ1n) is 6.65. The van der Waals surface area contributed by atoms with E-state index in [-0.39, 0.29) is 17.6 Å². The number of anilines is 1. The number of nitrogen functional groups attached to an aromatic ring is 1. The highest BCUT2D eigenvalue weighted by atomic mass is 32.2. The van der Waals surface area contributed by atoms with Gasteiger partial charge in [0.15, 0.2) is 5.03 Å². The highest BCUT2D eigenvalue weighted by Gasteiger charge is 2.29. The zero-order valence-corrected chi connectivity index (χ0v) is 13.2. The quantitative estimate of drug-likeness (QED) is 0.851. The molecule has 2 rings (SSSR count). The molecule has 0 unspecified atom stereocenters. The molecule has 0 aliphatic carbocycles. The van der Waals surface area contributed by atoms with Crippen molar-refractivity contribution in [3.05, 3.63) is 42.4 Å². The maximum atomic E-state index is 12.7. The molecule has 2 N–H and O–H groups in total. The van der Waals surface area contributed by atoms with Crippen molar-refractivity contribution in [1.29, 1.82) is 0 Å². The van der Waals surface area contributed by atoms with Gasteiger partial charge >= 0.3 is 0 Å². The van der Waals surface area contributed by atoms with Crippen LogP contribution in [-0.2, 0) is 23.6 Å². The van der Waals surface area contributed by atoms with Crippen molar-refractivity contribution >= 4 is 15.7 Å². The minimum absolute atomic E-state index is 0.0493. The van der Waals surface area contributed by atoms with Crippen molar-refractivity contribution in [1.82, 2.24) is 13.9 Å². The van der Waals surface area contributed by atoms with Gasteiger partial charge in [0.1, 0.15) is 0 Å². The third-order valence-electron chi connectivity index (χ3n) is 3.21. The van der Waals surface area contributed by atoms with Gasteiger partial charge in [-0.15, -0.1) is 0 Å². The van der Waals surface area contributed by atoms with Gasteiger partial charge in [-0.3, -0.25) is 0 Å². The van der Waals surface area contributed by atoms with Crippen LogP contribution in [0.1, 0.15) is 19.4 Å². The van der Waals surface area contributed by atoms with Crippen LogP contribution in [0.2, 0.25) is 0 Å². The number of nitrogens with two attached hydrogens (primary N) is 1. The Hall–Kier alpha value is -1.86.